The van der Waals surface area contributed by atoms with Crippen LogP contribution in [0, 0.1) is 5.92 Å². The van der Waals surface area contributed by atoms with Gasteiger partial charge in [0.2, 0.25) is 0 Å². The van der Waals surface area contributed by atoms with E-state index in [1.807, 2.05) is 13.8 Å². The molecule has 0 aliphatic heterocycles. The maximum absolute atomic E-state index is 11.6. The quantitative estimate of drug-likeness (QED) is 0.793. The molecule has 0 radical (unpaired) electrons. The summed E-state index contributed by atoms with van der Waals surface area (Å²) in [7, 11) is 0. The fourth-order valence-electron chi connectivity index (χ4n) is 1.17. The molecule has 4 nitrogen and oxygen atoms in total. The normalized spacial score (nSPS) is 10.2. The van der Waals surface area contributed by atoms with Crippen molar-refractivity contribution in [3.05, 3.63) is 35.4 Å². The molecule has 0 saturated carbocycles. The van der Waals surface area contributed by atoms with Crippen LogP contribution in [0.15, 0.2) is 24.3 Å². The zero-order chi connectivity index (χ0) is 12.1. The second-order valence-corrected chi connectivity index (χ2v) is 3.84. The number of rotatable bonds is 4. The summed E-state index contributed by atoms with van der Waals surface area (Å²) in [6.07, 6.45) is 0. The van der Waals surface area contributed by atoms with Gasteiger partial charge in [-0.05, 0) is 18.1 Å². The van der Waals surface area contributed by atoms with Crippen molar-refractivity contribution in [1.82, 2.24) is 0 Å². The van der Waals surface area contributed by atoms with E-state index in [1.165, 1.54) is 12.1 Å². The Hall–Kier alpha value is -1.84. The topological polar surface area (TPSA) is 63.6 Å². The Balaban J connectivity index is 2.86. The van der Waals surface area contributed by atoms with Gasteiger partial charge in [-0.25, -0.2) is 9.59 Å². The Labute approximate surface area is 93.9 Å². The van der Waals surface area contributed by atoms with Gasteiger partial charge in [-0.1, -0.05) is 26.0 Å². The maximum Gasteiger partial charge on any atom is 0.339 e. The molecule has 0 atom stereocenters. The van der Waals surface area contributed by atoms with Crippen LogP contribution < -0.4 is 0 Å². The maximum atomic E-state index is 11.6. The Morgan fingerprint density at radius 2 is 1.81 bits per heavy atom. The molecule has 0 heterocycles. The highest BCUT2D eigenvalue weighted by molar-refractivity contribution is 6.02. The van der Waals surface area contributed by atoms with Crippen molar-refractivity contribution in [2.45, 2.75) is 13.8 Å². The van der Waals surface area contributed by atoms with Gasteiger partial charge in [-0.3, -0.25) is 0 Å². The van der Waals surface area contributed by atoms with Crippen LogP contribution in [-0.2, 0) is 4.74 Å². The number of carboxylic acid groups (broad SMARTS) is 1. The summed E-state index contributed by atoms with van der Waals surface area (Å²) in [6.45, 7) is 4.11. The molecular formula is C12H14O4. The van der Waals surface area contributed by atoms with E-state index in [1.54, 1.807) is 12.1 Å². The summed E-state index contributed by atoms with van der Waals surface area (Å²) in [5, 5.41) is 8.88. The average molecular weight is 222 g/mol. The van der Waals surface area contributed by atoms with Gasteiger partial charge in [0.05, 0.1) is 17.7 Å². The summed E-state index contributed by atoms with van der Waals surface area (Å²) < 4.78 is 4.98. The number of carboxylic acids is 1. The van der Waals surface area contributed by atoms with Gasteiger partial charge in [0.25, 0.3) is 0 Å². The molecule has 0 aliphatic carbocycles. The van der Waals surface area contributed by atoms with Gasteiger partial charge in [0.1, 0.15) is 0 Å². The summed E-state index contributed by atoms with van der Waals surface area (Å²) in [5.41, 5.74) is 0.0620. The van der Waals surface area contributed by atoms with Gasteiger partial charge >= 0.3 is 11.9 Å². The number of ether oxygens (including phenoxy) is 1. The molecule has 1 rings (SSSR count). The zero-order valence-corrected chi connectivity index (χ0v) is 9.27. The van der Waals surface area contributed by atoms with E-state index in [9.17, 15) is 9.59 Å². The summed E-state index contributed by atoms with van der Waals surface area (Å²) in [5.74, 6) is -1.50. The molecule has 0 amide bonds. The molecule has 0 unspecified atom stereocenters. The molecule has 0 aliphatic rings. The number of hydrogen-bond donors (Lipinski definition) is 1. The van der Waals surface area contributed by atoms with Gasteiger partial charge in [-0.15, -0.1) is 0 Å². The monoisotopic (exact) mass is 222 g/mol. The first kappa shape index (κ1) is 12.2. The number of esters is 1. The molecule has 0 spiro atoms. The SMILES string of the molecule is CC(C)COC(=O)c1ccccc1C(=O)O. The van der Waals surface area contributed by atoms with Crippen LogP contribution in [0.1, 0.15) is 34.6 Å². The number of carbonyl (C=O) groups excluding carboxylic acids is 1. The lowest BCUT2D eigenvalue weighted by atomic mass is 10.1. The van der Waals surface area contributed by atoms with Crippen LogP contribution >= 0.6 is 0 Å². The minimum atomic E-state index is -1.13. The van der Waals surface area contributed by atoms with Gasteiger partial charge in [0, 0.05) is 0 Å². The second kappa shape index (κ2) is 5.30. The molecule has 1 N–H and O–H groups in total. The van der Waals surface area contributed by atoms with Crippen LogP contribution in [0.3, 0.4) is 0 Å². The largest absolute Gasteiger partial charge is 0.478 e. The predicted octanol–water partition coefficient (Wildman–Crippen LogP) is 2.20. The van der Waals surface area contributed by atoms with Gasteiger partial charge < -0.3 is 9.84 Å². The molecule has 0 saturated heterocycles. The van der Waals surface area contributed by atoms with Gasteiger partial charge in [0.15, 0.2) is 0 Å². The van der Waals surface area contributed by atoms with Crippen molar-refractivity contribution >= 4 is 11.9 Å². The Kier molecular flexibility index (Phi) is 4.05. The third-order valence-electron chi connectivity index (χ3n) is 1.93. The first-order valence-electron chi connectivity index (χ1n) is 5.01. The number of hydrogen-bond acceptors (Lipinski definition) is 3. The fourth-order valence-corrected chi connectivity index (χ4v) is 1.17. The Bertz CT molecular complexity index is 396. The average Bonchev–Trinajstić information content (AvgIpc) is 2.25. The van der Waals surface area contributed by atoms with Crippen molar-refractivity contribution < 1.29 is 19.4 Å². The van der Waals surface area contributed by atoms with E-state index in [0.717, 1.165) is 0 Å². The minimum absolute atomic E-state index is 0.0312. The molecule has 86 valence electrons. The molecule has 1 aromatic rings. The lowest BCUT2D eigenvalue weighted by molar-refractivity contribution is 0.0450. The van der Waals surface area contributed by atoms with Crippen molar-refractivity contribution in [3.8, 4) is 0 Å². The standard InChI is InChI=1S/C12H14O4/c1-8(2)7-16-12(15)10-6-4-3-5-9(10)11(13)14/h3-6,8H,7H2,1-2H3,(H,13,14). The van der Waals surface area contributed by atoms with Crippen molar-refractivity contribution in [2.24, 2.45) is 5.92 Å². The lowest BCUT2D eigenvalue weighted by Crippen LogP contribution is -2.14. The Morgan fingerprint density at radius 3 is 2.31 bits per heavy atom. The van der Waals surface area contributed by atoms with Crippen molar-refractivity contribution in [2.75, 3.05) is 6.61 Å². The zero-order valence-electron chi connectivity index (χ0n) is 9.27. The number of benzene rings is 1. The van der Waals surface area contributed by atoms with Crippen LogP contribution in [0.25, 0.3) is 0 Å². The third kappa shape index (κ3) is 3.08. The first-order valence-corrected chi connectivity index (χ1v) is 5.01. The molecule has 0 fully saturated rings. The van der Waals surface area contributed by atoms with Crippen molar-refractivity contribution in [3.63, 3.8) is 0 Å². The van der Waals surface area contributed by atoms with E-state index < -0.39 is 11.9 Å². The number of aromatic carboxylic acids is 1. The van der Waals surface area contributed by atoms with Crippen LogP contribution in [-0.4, -0.2) is 23.7 Å². The van der Waals surface area contributed by atoms with E-state index in [0.29, 0.717) is 0 Å². The van der Waals surface area contributed by atoms with E-state index in [2.05, 4.69) is 0 Å². The number of carbonyl (C=O) groups is 2. The highest BCUT2D eigenvalue weighted by atomic mass is 16.5. The molecular weight excluding hydrogens is 208 g/mol. The molecule has 16 heavy (non-hydrogen) atoms. The fraction of sp³-hybridized carbons (Fsp3) is 0.333. The third-order valence-corrected chi connectivity index (χ3v) is 1.93. The summed E-state index contributed by atoms with van der Waals surface area (Å²) in [4.78, 5) is 22.4. The molecule has 4 heteroatoms. The molecule has 0 aromatic heterocycles. The predicted molar refractivity (Wildman–Crippen MR) is 58.5 cm³/mol. The first-order chi connectivity index (χ1) is 7.52. The van der Waals surface area contributed by atoms with Crippen molar-refractivity contribution in [1.29, 1.82) is 0 Å². The van der Waals surface area contributed by atoms with Gasteiger partial charge in [-0.2, -0.15) is 0 Å². The van der Waals surface area contributed by atoms with E-state index in [-0.39, 0.29) is 23.7 Å². The summed E-state index contributed by atoms with van der Waals surface area (Å²) >= 11 is 0. The second-order valence-electron chi connectivity index (χ2n) is 3.84. The van der Waals surface area contributed by atoms with E-state index >= 15 is 0 Å². The van der Waals surface area contributed by atoms with Crippen LogP contribution in [0.2, 0.25) is 0 Å². The highest BCUT2D eigenvalue weighted by Gasteiger charge is 2.16. The Morgan fingerprint density at radius 1 is 1.25 bits per heavy atom. The van der Waals surface area contributed by atoms with Crippen LogP contribution in [0.5, 0.6) is 0 Å². The minimum Gasteiger partial charge on any atom is -0.478 e. The lowest BCUT2D eigenvalue weighted by Gasteiger charge is -2.08. The highest BCUT2D eigenvalue weighted by Crippen LogP contribution is 2.10. The van der Waals surface area contributed by atoms with E-state index in [4.69, 9.17) is 9.84 Å². The molecule has 0 bridgehead atoms. The summed E-state index contributed by atoms with van der Waals surface area (Å²) in [6, 6.07) is 6.02. The van der Waals surface area contributed by atoms with Crippen LogP contribution in [0.4, 0.5) is 0 Å². The molecule has 1 aromatic carbocycles. The smallest absolute Gasteiger partial charge is 0.339 e.